The molecule has 35 heavy (non-hydrogen) atoms. The lowest BCUT2D eigenvalue weighted by molar-refractivity contribution is -0.124. The minimum atomic E-state index is -0.595. The minimum Gasteiger partial charge on any atom is -0.383 e. The summed E-state index contributed by atoms with van der Waals surface area (Å²) in [5, 5.41) is 3.14. The van der Waals surface area contributed by atoms with E-state index in [1.807, 2.05) is 18.2 Å². The highest BCUT2D eigenvalue weighted by molar-refractivity contribution is 6.01. The van der Waals surface area contributed by atoms with Crippen LogP contribution in [-0.4, -0.2) is 68.1 Å². The van der Waals surface area contributed by atoms with E-state index in [9.17, 15) is 14.0 Å². The van der Waals surface area contributed by atoms with Crippen molar-refractivity contribution in [1.29, 1.82) is 0 Å². The summed E-state index contributed by atoms with van der Waals surface area (Å²) in [6.07, 6.45) is 3.34. The maximum atomic E-state index is 13.7. The van der Waals surface area contributed by atoms with E-state index in [-0.39, 0.29) is 17.6 Å². The van der Waals surface area contributed by atoms with Gasteiger partial charge in [-0.15, -0.1) is 0 Å². The van der Waals surface area contributed by atoms with Crippen molar-refractivity contribution < 1.29 is 18.7 Å². The van der Waals surface area contributed by atoms with Crippen molar-refractivity contribution in [2.24, 2.45) is 5.92 Å². The zero-order valence-electron chi connectivity index (χ0n) is 20.7. The fourth-order valence-electron chi connectivity index (χ4n) is 5.25. The Kier molecular flexibility index (Phi) is 8.52. The number of fused-ring (bicyclic) bond motifs is 1. The third kappa shape index (κ3) is 5.90. The van der Waals surface area contributed by atoms with Crippen LogP contribution in [0, 0.1) is 11.7 Å². The molecule has 2 aromatic carbocycles. The number of hydrogen-bond donors (Lipinski definition) is 1. The summed E-state index contributed by atoms with van der Waals surface area (Å²) in [4.78, 5) is 31.3. The predicted octanol–water partition coefficient (Wildman–Crippen LogP) is 3.99. The van der Waals surface area contributed by atoms with Gasteiger partial charge in [-0.2, -0.15) is 0 Å². The van der Waals surface area contributed by atoms with Crippen LogP contribution in [0.3, 0.4) is 0 Å². The molecule has 0 unspecified atom stereocenters. The first-order valence-corrected chi connectivity index (χ1v) is 12.6. The van der Waals surface area contributed by atoms with Crippen LogP contribution >= 0.6 is 0 Å². The molecular formula is C28H36FN3O3. The number of halogens is 1. The summed E-state index contributed by atoms with van der Waals surface area (Å²) in [6, 6.07) is 12.8. The van der Waals surface area contributed by atoms with E-state index in [2.05, 4.69) is 17.1 Å². The van der Waals surface area contributed by atoms with Crippen molar-refractivity contribution in [2.45, 2.75) is 38.1 Å². The number of carbonyl (C=O) groups is 2. The first kappa shape index (κ1) is 25.3. The second-order valence-corrected chi connectivity index (χ2v) is 9.72. The topological polar surface area (TPSA) is 61.9 Å². The Morgan fingerprint density at radius 3 is 2.51 bits per heavy atom. The van der Waals surface area contributed by atoms with Crippen molar-refractivity contribution in [3.63, 3.8) is 0 Å². The van der Waals surface area contributed by atoms with Crippen molar-refractivity contribution >= 4 is 11.8 Å². The van der Waals surface area contributed by atoms with Gasteiger partial charge in [-0.25, -0.2) is 4.39 Å². The lowest BCUT2D eigenvalue weighted by Gasteiger charge is -2.41. The number of ether oxygens (including phenoxy) is 1. The standard InChI is InChI=1S/C28H36FN3O3/c1-20-12-16-31(17-13-20)15-5-14-30-27(33)25-23-6-3-4-7-24(23)28(34)32(18-19-35-2)26(25)21-8-10-22(29)11-9-21/h3-4,6-11,20,25-26H,5,12-19H2,1-2H3,(H,30,33)/t25-,26+/m0/s1. The summed E-state index contributed by atoms with van der Waals surface area (Å²) < 4.78 is 19.0. The molecule has 0 radical (unpaired) electrons. The zero-order chi connectivity index (χ0) is 24.8. The molecule has 2 aromatic rings. The monoisotopic (exact) mass is 481 g/mol. The summed E-state index contributed by atoms with van der Waals surface area (Å²) in [7, 11) is 1.59. The van der Waals surface area contributed by atoms with Gasteiger partial charge in [-0.3, -0.25) is 9.59 Å². The number of carbonyl (C=O) groups excluding carboxylic acids is 2. The van der Waals surface area contributed by atoms with E-state index in [4.69, 9.17) is 4.74 Å². The first-order chi connectivity index (χ1) is 17.0. The van der Waals surface area contributed by atoms with E-state index in [0.717, 1.165) is 37.5 Å². The van der Waals surface area contributed by atoms with Gasteiger partial charge in [0.1, 0.15) is 5.82 Å². The van der Waals surface area contributed by atoms with Gasteiger partial charge in [0.05, 0.1) is 18.6 Å². The lowest BCUT2D eigenvalue weighted by atomic mass is 9.79. The Balaban J connectivity index is 1.55. The van der Waals surface area contributed by atoms with E-state index in [1.54, 1.807) is 30.2 Å². The number of methoxy groups -OCH3 is 1. The largest absolute Gasteiger partial charge is 0.383 e. The first-order valence-electron chi connectivity index (χ1n) is 12.6. The van der Waals surface area contributed by atoms with Crippen LogP contribution in [0.2, 0.25) is 0 Å². The van der Waals surface area contributed by atoms with Crippen LogP contribution in [0.5, 0.6) is 0 Å². The molecule has 1 saturated heterocycles. The molecular weight excluding hydrogens is 445 g/mol. The molecule has 0 aliphatic carbocycles. The molecule has 7 heteroatoms. The van der Waals surface area contributed by atoms with Crippen LogP contribution < -0.4 is 5.32 Å². The number of nitrogens with zero attached hydrogens (tertiary/aromatic N) is 2. The zero-order valence-corrected chi connectivity index (χ0v) is 20.7. The fraction of sp³-hybridized carbons (Fsp3) is 0.500. The summed E-state index contributed by atoms with van der Waals surface area (Å²) in [6.45, 7) is 6.76. The van der Waals surface area contributed by atoms with Gasteiger partial charge in [0.2, 0.25) is 5.91 Å². The van der Waals surface area contributed by atoms with Crippen LogP contribution in [0.1, 0.15) is 59.6 Å². The van der Waals surface area contributed by atoms with Gasteiger partial charge in [0, 0.05) is 25.8 Å². The normalized spacial score (nSPS) is 21.1. The van der Waals surface area contributed by atoms with E-state index in [0.29, 0.717) is 30.8 Å². The molecule has 1 N–H and O–H groups in total. The molecule has 0 saturated carbocycles. The Morgan fingerprint density at radius 1 is 1.09 bits per heavy atom. The number of amides is 2. The molecule has 2 atom stereocenters. The van der Waals surface area contributed by atoms with Crippen molar-refractivity contribution in [3.05, 3.63) is 71.0 Å². The van der Waals surface area contributed by atoms with Gasteiger partial charge < -0.3 is 19.9 Å². The number of nitrogens with one attached hydrogen (secondary N) is 1. The second-order valence-electron chi connectivity index (χ2n) is 9.72. The van der Waals surface area contributed by atoms with Gasteiger partial charge >= 0.3 is 0 Å². The van der Waals surface area contributed by atoms with Gasteiger partial charge in [-0.1, -0.05) is 37.3 Å². The number of piperidine rings is 1. The van der Waals surface area contributed by atoms with Gasteiger partial charge in [0.15, 0.2) is 0 Å². The summed E-state index contributed by atoms with van der Waals surface area (Å²) in [5.74, 6) is -0.413. The second kappa shape index (κ2) is 11.8. The number of hydrogen-bond acceptors (Lipinski definition) is 4. The van der Waals surface area contributed by atoms with Crippen LogP contribution in [0.4, 0.5) is 4.39 Å². The van der Waals surface area contributed by atoms with E-state index in [1.165, 1.54) is 25.0 Å². The minimum absolute atomic E-state index is 0.117. The Morgan fingerprint density at radius 2 is 1.80 bits per heavy atom. The quantitative estimate of drug-likeness (QED) is 0.550. The Hall–Kier alpha value is -2.77. The molecule has 1 fully saturated rings. The predicted molar refractivity (Wildman–Crippen MR) is 134 cm³/mol. The fourth-order valence-corrected chi connectivity index (χ4v) is 5.25. The average molecular weight is 482 g/mol. The van der Waals surface area contributed by atoms with Crippen LogP contribution in [-0.2, 0) is 9.53 Å². The molecule has 2 heterocycles. The molecule has 2 aliphatic heterocycles. The molecule has 4 rings (SSSR count). The molecule has 2 aliphatic rings. The van der Waals surface area contributed by atoms with Crippen LogP contribution in [0.25, 0.3) is 0 Å². The molecule has 0 aromatic heterocycles. The number of benzene rings is 2. The van der Waals surface area contributed by atoms with Gasteiger partial charge in [0.25, 0.3) is 5.91 Å². The summed E-state index contributed by atoms with van der Waals surface area (Å²) in [5.41, 5.74) is 1.97. The molecule has 0 spiro atoms. The van der Waals surface area contributed by atoms with Crippen molar-refractivity contribution in [2.75, 3.05) is 46.4 Å². The van der Waals surface area contributed by atoms with Crippen molar-refractivity contribution in [1.82, 2.24) is 15.1 Å². The number of likely N-dealkylation sites (tertiary alicyclic amines) is 1. The highest BCUT2D eigenvalue weighted by Gasteiger charge is 2.43. The van der Waals surface area contributed by atoms with E-state index < -0.39 is 12.0 Å². The SMILES string of the molecule is COCCN1C(=O)c2ccccc2[C@H](C(=O)NCCCN2CCC(C)CC2)[C@H]1c1ccc(F)cc1. The van der Waals surface area contributed by atoms with E-state index >= 15 is 0 Å². The van der Waals surface area contributed by atoms with Crippen LogP contribution in [0.15, 0.2) is 48.5 Å². The maximum absolute atomic E-state index is 13.7. The highest BCUT2D eigenvalue weighted by atomic mass is 19.1. The third-order valence-electron chi connectivity index (χ3n) is 7.30. The molecule has 2 amide bonds. The van der Waals surface area contributed by atoms with Crippen molar-refractivity contribution in [3.8, 4) is 0 Å². The molecule has 6 nitrogen and oxygen atoms in total. The van der Waals surface area contributed by atoms with Gasteiger partial charge in [-0.05, 0) is 74.1 Å². The smallest absolute Gasteiger partial charge is 0.254 e. The Labute approximate surface area is 207 Å². The highest BCUT2D eigenvalue weighted by Crippen LogP contribution is 2.42. The third-order valence-corrected chi connectivity index (χ3v) is 7.30. The lowest BCUT2D eigenvalue weighted by Crippen LogP contribution is -2.48. The number of rotatable bonds is 9. The Bertz CT molecular complexity index is 1000. The molecule has 0 bridgehead atoms. The average Bonchev–Trinajstić information content (AvgIpc) is 2.87. The maximum Gasteiger partial charge on any atom is 0.254 e. The summed E-state index contributed by atoms with van der Waals surface area (Å²) >= 11 is 0. The molecule has 188 valence electrons.